The van der Waals surface area contributed by atoms with Gasteiger partial charge in [0.25, 0.3) is 0 Å². The third kappa shape index (κ3) is 6.89. The van der Waals surface area contributed by atoms with E-state index in [2.05, 4.69) is 0 Å². The minimum atomic E-state index is -1.03. The summed E-state index contributed by atoms with van der Waals surface area (Å²) in [5, 5.41) is 0. The summed E-state index contributed by atoms with van der Waals surface area (Å²) in [4.78, 5) is 0. The zero-order chi connectivity index (χ0) is 20.0. The topological polar surface area (TPSA) is 55.4 Å². The van der Waals surface area contributed by atoms with Crippen LogP contribution < -0.4 is 0 Å². The molecule has 3 rings (SSSR count). The molecule has 1 fully saturated rings. The quantitative estimate of drug-likeness (QED) is 0.770. The van der Waals surface area contributed by atoms with Crippen LogP contribution in [-0.2, 0) is 34.2 Å². The standard InChI is InChI=1S/C23H30O6/c1-3-7-21(8-4-1)23(22-9-5-2-6-10-22)28-19-17-26-15-13-24-11-12-25-14-16-27-18-20-29-23/h1-10H,11-20H2. The number of benzene rings is 2. The van der Waals surface area contributed by atoms with Crippen molar-refractivity contribution >= 4 is 0 Å². The molecule has 0 aliphatic carbocycles. The highest BCUT2D eigenvalue weighted by molar-refractivity contribution is 5.33. The number of hydrogen-bond acceptors (Lipinski definition) is 6. The van der Waals surface area contributed by atoms with Crippen LogP contribution in [0.2, 0.25) is 0 Å². The Morgan fingerprint density at radius 3 is 1.07 bits per heavy atom. The second-order valence-corrected chi connectivity index (χ2v) is 6.50. The van der Waals surface area contributed by atoms with Gasteiger partial charge in [-0.3, -0.25) is 0 Å². The molecule has 0 radical (unpaired) electrons. The number of rotatable bonds is 2. The van der Waals surface area contributed by atoms with Gasteiger partial charge in [0.2, 0.25) is 5.79 Å². The minimum Gasteiger partial charge on any atom is -0.377 e. The summed E-state index contributed by atoms with van der Waals surface area (Å²) in [6.45, 7) is 4.83. The molecular formula is C23H30O6. The van der Waals surface area contributed by atoms with E-state index in [-0.39, 0.29) is 0 Å². The molecule has 1 heterocycles. The first kappa shape index (κ1) is 21.9. The summed E-state index contributed by atoms with van der Waals surface area (Å²) >= 11 is 0. The van der Waals surface area contributed by atoms with Crippen LogP contribution in [0.4, 0.5) is 0 Å². The zero-order valence-electron chi connectivity index (χ0n) is 16.8. The molecule has 0 atom stereocenters. The highest BCUT2D eigenvalue weighted by Crippen LogP contribution is 2.35. The predicted octanol–water partition coefficient (Wildman–Crippen LogP) is 3.00. The Morgan fingerprint density at radius 1 is 0.414 bits per heavy atom. The van der Waals surface area contributed by atoms with Crippen molar-refractivity contribution in [3.8, 4) is 0 Å². The van der Waals surface area contributed by atoms with Gasteiger partial charge in [-0.05, 0) is 0 Å². The molecule has 2 aromatic carbocycles. The molecule has 1 aliphatic heterocycles. The van der Waals surface area contributed by atoms with Crippen molar-refractivity contribution in [2.45, 2.75) is 5.79 Å². The van der Waals surface area contributed by atoms with E-state index < -0.39 is 5.79 Å². The van der Waals surface area contributed by atoms with Crippen LogP contribution in [0.1, 0.15) is 11.1 Å². The SMILES string of the molecule is c1ccc(C2(c3ccccc3)OCCOCCOCCOCCOCCO2)cc1. The average molecular weight is 402 g/mol. The first-order valence-corrected chi connectivity index (χ1v) is 10.1. The van der Waals surface area contributed by atoms with E-state index in [1.54, 1.807) is 0 Å². The van der Waals surface area contributed by atoms with Crippen LogP contribution in [0.15, 0.2) is 60.7 Å². The molecule has 6 nitrogen and oxygen atoms in total. The van der Waals surface area contributed by atoms with E-state index >= 15 is 0 Å². The van der Waals surface area contributed by atoms with Gasteiger partial charge >= 0.3 is 0 Å². The fourth-order valence-electron chi connectivity index (χ4n) is 3.11. The Kier molecular flexibility index (Phi) is 9.59. The summed E-state index contributed by atoms with van der Waals surface area (Å²) in [6, 6.07) is 19.9. The van der Waals surface area contributed by atoms with Gasteiger partial charge in [0.1, 0.15) is 0 Å². The summed E-state index contributed by atoms with van der Waals surface area (Å²) in [5.41, 5.74) is 1.85. The van der Waals surface area contributed by atoms with E-state index in [4.69, 9.17) is 28.4 Å². The van der Waals surface area contributed by atoms with Gasteiger partial charge in [-0.25, -0.2) is 0 Å². The Bertz CT molecular complexity index is 604. The van der Waals surface area contributed by atoms with Crippen LogP contribution in [0.3, 0.4) is 0 Å². The van der Waals surface area contributed by atoms with Gasteiger partial charge in [0.05, 0.1) is 66.1 Å². The van der Waals surface area contributed by atoms with Gasteiger partial charge in [-0.1, -0.05) is 60.7 Å². The largest absolute Gasteiger partial charge is 0.377 e. The molecule has 0 amide bonds. The first-order chi connectivity index (χ1) is 14.4. The molecule has 1 aliphatic rings. The summed E-state index contributed by atoms with van der Waals surface area (Å²) in [6.07, 6.45) is 0. The van der Waals surface area contributed by atoms with E-state index in [9.17, 15) is 0 Å². The Hall–Kier alpha value is -1.80. The van der Waals surface area contributed by atoms with Gasteiger partial charge in [0, 0.05) is 11.1 Å². The lowest BCUT2D eigenvalue weighted by Crippen LogP contribution is -2.37. The van der Waals surface area contributed by atoms with Crippen LogP contribution in [0, 0.1) is 0 Å². The fourth-order valence-corrected chi connectivity index (χ4v) is 3.11. The van der Waals surface area contributed by atoms with Crippen LogP contribution in [0.5, 0.6) is 0 Å². The van der Waals surface area contributed by atoms with Crippen molar-refractivity contribution in [1.82, 2.24) is 0 Å². The van der Waals surface area contributed by atoms with Gasteiger partial charge in [-0.15, -0.1) is 0 Å². The molecule has 6 heteroatoms. The normalized spacial score (nSPS) is 20.6. The molecule has 0 bridgehead atoms. The molecule has 29 heavy (non-hydrogen) atoms. The van der Waals surface area contributed by atoms with Gasteiger partial charge in [0.15, 0.2) is 0 Å². The molecule has 0 saturated carbocycles. The lowest BCUT2D eigenvalue weighted by Gasteiger charge is -2.35. The second-order valence-electron chi connectivity index (χ2n) is 6.50. The summed E-state index contributed by atoms with van der Waals surface area (Å²) < 4.78 is 35.0. The van der Waals surface area contributed by atoms with Crippen LogP contribution in [-0.4, -0.2) is 66.1 Å². The molecule has 0 unspecified atom stereocenters. The van der Waals surface area contributed by atoms with Crippen molar-refractivity contribution in [2.75, 3.05) is 66.1 Å². The van der Waals surface area contributed by atoms with Crippen molar-refractivity contribution < 1.29 is 28.4 Å². The van der Waals surface area contributed by atoms with Gasteiger partial charge in [-0.2, -0.15) is 0 Å². The van der Waals surface area contributed by atoms with Crippen molar-refractivity contribution in [3.05, 3.63) is 71.8 Å². The number of hydrogen-bond donors (Lipinski definition) is 0. The van der Waals surface area contributed by atoms with E-state index in [1.165, 1.54) is 0 Å². The third-order valence-electron chi connectivity index (χ3n) is 4.49. The smallest absolute Gasteiger partial charge is 0.222 e. The molecule has 0 spiro atoms. The molecule has 158 valence electrons. The van der Waals surface area contributed by atoms with Crippen molar-refractivity contribution in [1.29, 1.82) is 0 Å². The highest BCUT2D eigenvalue weighted by Gasteiger charge is 2.36. The second kappa shape index (κ2) is 12.7. The fraction of sp³-hybridized carbons (Fsp3) is 0.478. The zero-order valence-corrected chi connectivity index (χ0v) is 16.8. The maximum atomic E-state index is 6.36. The molecule has 1 saturated heterocycles. The van der Waals surface area contributed by atoms with Crippen molar-refractivity contribution in [3.63, 3.8) is 0 Å². The van der Waals surface area contributed by atoms with Gasteiger partial charge < -0.3 is 28.4 Å². The van der Waals surface area contributed by atoms with E-state index in [0.29, 0.717) is 66.1 Å². The van der Waals surface area contributed by atoms with Crippen LogP contribution >= 0.6 is 0 Å². The Balaban J connectivity index is 1.78. The van der Waals surface area contributed by atoms with Crippen molar-refractivity contribution in [2.24, 2.45) is 0 Å². The van der Waals surface area contributed by atoms with E-state index in [1.807, 2.05) is 60.7 Å². The summed E-state index contributed by atoms with van der Waals surface area (Å²) in [5.74, 6) is -1.03. The maximum Gasteiger partial charge on any atom is 0.222 e. The Labute approximate surface area is 172 Å². The predicted molar refractivity (Wildman–Crippen MR) is 109 cm³/mol. The highest BCUT2D eigenvalue weighted by atomic mass is 16.7. The average Bonchev–Trinajstić information content (AvgIpc) is 2.78. The molecular weight excluding hydrogens is 372 g/mol. The molecule has 0 N–H and O–H groups in total. The molecule has 2 aromatic rings. The lowest BCUT2D eigenvalue weighted by molar-refractivity contribution is -0.228. The Morgan fingerprint density at radius 2 is 0.724 bits per heavy atom. The van der Waals surface area contributed by atoms with Crippen LogP contribution in [0.25, 0.3) is 0 Å². The third-order valence-corrected chi connectivity index (χ3v) is 4.49. The number of ether oxygens (including phenoxy) is 6. The maximum absolute atomic E-state index is 6.36. The molecule has 0 aromatic heterocycles. The monoisotopic (exact) mass is 402 g/mol. The van der Waals surface area contributed by atoms with E-state index in [0.717, 1.165) is 11.1 Å². The lowest BCUT2D eigenvalue weighted by atomic mass is 9.97. The summed E-state index contributed by atoms with van der Waals surface area (Å²) in [7, 11) is 0. The first-order valence-electron chi connectivity index (χ1n) is 10.1. The minimum absolute atomic E-state index is 0.383.